The lowest BCUT2D eigenvalue weighted by molar-refractivity contribution is -0.142. The summed E-state index contributed by atoms with van der Waals surface area (Å²) in [6.45, 7) is 2.62. The minimum Gasteiger partial charge on any atom is -0.493 e. The van der Waals surface area contributed by atoms with E-state index in [2.05, 4.69) is 5.32 Å². The summed E-state index contributed by atoms with van der Waals surface area (Å²) in [5.74, 6) is -0.370. The molecule has 0 saturated heterocycles. The van der Waals surface area contributed by atoms with Gasteiger partial charge in [-0.15, -0.1) is 0 Å². The van der Waals surface area contributed by atoms with E-state index in [0.29, 0.717) is 13.0 Å². The van der Waals surface area contributed by atoms with Crippen LogP contribution in [-0.2, 0) is 15.0 Å². The number of carboxylic acids is 1. The molecule has 1 aliphatic heterocycles. The number of hydrogen-bond donors (Lipinski definition) is 2. The van der Waals surface area contributed by atoms with Gasteiger partial charge in [0.15, 0.2) is 0 Å². The monoisotopic (exact) mass is 317 g/mol. The molecule has 1 saturated carbocycles. The average molecular weight is 317 g/mol. The number of aliphatic carboxylic acids is 1. The third kappa shape index (κ3) is 2.92. The second-order valence-electron chi connectivity index (χ2n) is 6.55. The summed E-state index contributed by atoms with van der Waals surface area (Å²) in [6, 6.07) is 7.07. The number of ether oxygens (including phenoxy) is 1. The van der Waals surface area contributed by atoms with E-state index in [4.69, 9.17) is 4.74 Å². The van der Waals surface area contributed by atoms with Gasteiger partial charge in [0.1, 0.15) is 11.8 Å². The molecule has 1 spiro atoms. The molecule has 0 aromatic heterocycles. The predicted octanol–water partition coefficient (Wildman–Crippen LogP) is 2.49. The van der Waals surface area contributed by atoms with Crippen LogP contribution in [0, 0.1) is 5.92 Å². The van der Waals surface area contributed by atoms with E-state index in [9.17, 15) is 14.7 Å². The third-order valence-electron chi connectivity index (χ3n) is 5.08. The first-order valence-electron chi connectivity index (χ1n) is 8.34. The van der Waals surface area contributed by atoms with Crippen LogP contribution in [0.3, 0.4) is 0 Å². The highest BCUT2D eigenvalue weighted by Gasteiger charge is 2.61. The van der Waals surface area contributed by atoms with Crippen LogP contribution in [0.2, 0.25) is 0 Å². The van der Waals surface area contributed by atoms with Crippen molar-refractivity contribution in [2.24, 2.45) is 5.92 Å². The van der Waals surface area contributed by atoms with Gasteiger partial charge in [-0.1, -0.05) is 38.0 Å². The molecule has 3 unspecified atom stereocenters. The summed E-state index contributed by atoms with van der Waals surface area (Å²) >= 11 is 0. The largest absolute Gasteiger partial charge is 0.493 e. The molecular formula is C18H23NO4. The number of carboxylic acid groups (broad SMARTS) is 1. The number of hydrogen-bond acceptors (Lipinski definition) is 3. The van der Waals surface area contributed by atoms with Crippen LogP contribution in [0.15, 0.2) is 24.3 Å². The van der Waals surface area contributed by atoms with E-state index in [1.807, 2.05) is 31.2 Å². The Bertz CT molecular complexity index is 615. The van der Waals surface area contributed by atoms with Crippen molar-refractivity contribution < 1.29 is 19.4 Å². The molecular weight excluding hydrogens is 294 g/mol. The van der Waals surface area contributed by atoms with Gasteiger partial charge >= 0.3 is 5.97 Å². The third-order valence-corrected chi connectivity index (χ3v) is 5.08. The molecule has 1 aromatic rings. The Hall–Kier alpha value is -2.04. The zero-order chi connectivity index (χ0) is 16.4. The van der Waals surface area contributed by atoms with Crippen molar-refractivity contribution in [3.8, 4) is 5.75 Å². The number of amides is 1. The maximum absolute atomic E-state index is 12.6. The van der Waals surface area contributed by atoms with E-state index in [-0.39, 0.29) is 17.2 Å². The zero-order valence-electron chi connectivity index (χ0n) is 13.4. The molecule has 0 radical (unpaired) electrons. The summed E-state index contributed by atoms with van der Waals surface area (Å²) in [5, 5.41) is 12.0. The molecule has 1 fully saturated rings. The molecule has 2 aliphatic rings. The number of nitrogens with one attached hydrogen (secondary N) is 1. The lowest BCUT2D eigenvalue weighted by atomic mass is 9.87. The van der Waals surface area contributed by atoms with Crippen LogP contribution in [0.25, 0.3) is 0 Å². The molecule has 3 atom stereocenters. The van der Waals surface area contributed by atoms with Crippen molar-refractivity contribution in [3.63, 3.8) is 0 Å². The van der Waals surface area contributed by atoms with Crippen molar-refractivity contribution in [2.45, 2.75) is 50.5 Å². The summed E-state index contributed by atoms with van der Waals surface area (Å²) in [5.41, 5.74) is 0.930. The maximum atomic E-state index is 12.6. The van der Waals surface area contributed by atoms with E-state index in [1.165, 1.54) is 0 Å². The van der Waals surface area contributed by atoms with Crippen molar-refractivity contribution in [3.05, 3.63) is 29.8 Å². The number of fused-ring (bicyclic) bond motifs is 2. The Labute approximate surface area is 136 Å². The molecule has 5 nitrogen and oxygen atoms in total. The minimum atomic E-state index is -0.950. The van der Waals surface area contributed by atoms with Gasteiger partial charge in [-0.3, -0.25) is 4.79 Å². The highest BCUT2D eigenvalue weighted by atomic mass is 16.5. The SMILES string of the molecule is CCCCC(NC(=O)C1CC12CCOc1ccccc12)C(=O)O. The molecule has 1 aromatic carbocycles. The van der Waals surface area contributed by atoms with Crippen LogP contribution in [0.1, 0.15) is 44.6 Å². The van der Waals surface area contributed by atoms with Gasteiger partial charge < -0.3 is 15.2 Å². The van der Waals surface area contributed by atoms with Gasteiger partial charge in [-0.2, -0.15) is 0 Å². The Balaban J connectivity index is 1.70. The Morgan fingerprint density at radius 3 is 2.96 bits per heavy atom. The van der Waals surface area contributed by atoms with E-state index >= 15 is 0 Å². The molecule has 23 heavy (non-hydrogen) atoms. The van der Waals surface area contributed by atoms with Gasteiger partial charge in [0.05, 0.1) is 6.61 Å². The first-order valence-corrected chi connectivity index (χ1v) is 8.34. The Morgan fingerprint density at radius 2 is 2.22 bits per heavy atom. The normalized spacial score (nSPS) is 26.0. The van der Waals surface area contributed by atoms with Crippen molar-refractivity contribution in [1.82, 2.24) is 5.32 Å². The Morgan fingerprint density at radius 1 is 1.43 bits per heavy atom. The lowest BCUT2D eigenvalue weighted by Gasteiger charge is -2.27. The Kier molecular flexibility index (Phi) is 4.28. The molecule has 1 heterocycles. The highest BCUT2D eigenvalue weighted by molar-refractivity contribution is 5.88. The fourth-order valence-electron chi connectivity index (χ4n) is 3.64. The second kappa shape index (κ2) is 6.22. The van der Waals surface area contributed by atoms with Crippen LogP contribution >= 0.6 is 0 Å². The number of carbonyl (C=O) groups is 2. The predicted molar refractivity (Wildman–Crippen MR) is 85.4 cm³/mol. The smallest absolute Gasteiger partial charge is 0.326 e. The van der Waals surface area contributed by atoms with Crippen LogP contribution in [-0.4, -0.2) is 29.6 Å². The van der Waals surface area contributed by atoms with Crippen LogP contribution in [0.4, 0.5) is 0 Å². The minimum absolute atomic E-state index is 0.134. The van der Waals surface area contributed by atoms with Gasteiger partial charge in [-0.05, 0) is 25.3 Å². The molecule has 1 aliphatic carbocycles. The zero-order valence-corrected chi connectivity index (χ0v) is 13.4. The first kappa shape index (κ1) is 15.8. The van der Waals surface area contributed by atoms with Crippen molar-refractivity contribution in [2.75, 3.05) is 6.61 Å². The van der Waals surface area contributed by atoms with E-state index in [1.54, 1.807) is 0 Å². The van der Waals surface area contributed by atoms with Gasteiger partial charge in [0.25, 0.3) is 0 Å². The number of para-hydroxylation sites is 1. The van der Waals surface area contributed by atoms with Crippen molar-refractivity contribution in [1.29, 1.82) is 0 Å². The molecule has 124 valence electrons. The number of rotatable bonds is 6. The number of benzene rings is 1. The number of unbranched alkanes of at least 4 members (excludes halogenated alkanes) is 1. The average Bonchev–Trinajstić information content (AvgIpc) is 3.26. The quantitative estimate of drug-likeness (QED) is 0.845. The summed E-state index contributed by atoms with van der Waals surface area (Å²) in [4.78, 5) is 23.9. The first-order chi connectivity index (χ1) is 11.1. The second-order valence-corrected chi connectivity index (χ2v) is 6.55. The topological polar surface area (TPSA) is 75.6 Å². The molecule has 1 amide bonds. The fourth-order valence-corrected chi connectivity index (χ4v) is 3.64. The summed E-state index contributed by atoms with van der Waals surface area (Å²) in [6.07, 6.45) is 3.78. The molecule has 2 N–H and O–H groups in total. The molecule has 3 rings (SSSR count). The van der Waals surface area contributed by atoms with Gasteiger partial charge in [0.2, 0.25) is 5.91 Å². The van der Waals surface area contributed by atoms with E-state index in [0.717, 1.165) is 37.0 Å². The fraction of sp³-hybridized carbons (Fsp3) is 0.556. The molecule has 5 heteroatoms. The highest BCUT2D eigenvalue weighted by Crippen LogP contribution is 2.60. The van der Waals surface area contributed by atoms with Gasteiger partial charge in [-0.25, -0.2) is 4.79 Å². The lowest BCUT2D eigenvalue weighted by Crippen LogP contribution is -2.42. The van der Waals surface area contributed by atoms with Crippen LogP contribution in [0.5, 0.6) is 5.75 Å². The van der Waals surface area contributed by atoms with Crippen molar-refractivity contribution >= 4 is 11.9 Å². The van der Waals surface area contributed by atoms with Gasteiger partial charge in [0, 0.05) is 16.9 Å². The standard InChI is InChI=1S/C18H23NO4/c1-2-3-7-14(17(21)22)19-16(20)13-11-18(13)9-10-23-15-8-5-4-6-12(15)18/h4-6,8,13-14H,2-3,7,9-11H2,1H3,(H,19,20)(H,21,22). The molecule has 0 bridgehead atoms. The number of carbonyl (C=O) groups excluding carboxylic acids is 1. The summed E-state index contributed by atoms with van der Waals surface area (Å²) < 4.78 is 5.67. The summed E-state index contributed by atoms with van der Waals surface area (Å²) in [7, 11) is 0. The maximum Gasteiger partial charge on any atom is 0.326 e. The van der Waals surface area contributed by atoms with E-state index < -0.39 is 12.0 Å². The van der Waals surface area contributed by atoms with Crippen LogP contribution < -0.4 is 10.1 Å².